The molecule has 2 aromatic rings. The van der Waals surface area contributed by atoms with Crippen LogP contribution in [-0.4, -0.2) is 22.9 Å². The third kappa shape index (κ3) is 4.76. The van der Waals surface area contributed by atoms with Crippen LogP contribution in [0.15, 0.2) is 41.1 Å². The maximum Gasteiger partial charge on any atom is 0.0646 e. The van der Waals surface area contributed by atoms with Crippen LogP contribution in [0.25, 0.3) is 5.69 Å². The molecule has 0 atom stereocenters. The van der Waals surface area contributed by atoms with Gasteiger partial charge in [0.25, 0.3) is 0 Å². The van der Waals surface area contributed by atoms with Gasteiger partial charge in [0.05, 0.1) is 11.9 Å². The van der Waals surface area contributed by atoms with Gasteiger partial charge in [0, 0.05) is 10.7 Å². The van der Waals surface area contributed by atoms with Crippen LogP contribution < -0.4 is 5.32 Å². The lowest BCUT2D eigenvalue weighted by molar-refractivity contribution is 0.543. The summed E-state index contributed by atoms with van der Waals surface area (Å²) in [4.78, 5) is 0. The molecule has 4 heteroatoms. The Morgan fingerprint density at radius 2 is 2.00 bits per heavy atom. The molecular weight excluding hydrogens is 314 g/mol. The van der Waals surface area contributed by atoms with Gasteiger partial charge >= 0.3 is 0 Å². The number of hydrogen-bond donors (Lipinski definition) is 1. The zero-order chi connectivity index (χ0) is 14.4. The second kappa shape index (κ2) is 7.60. The number of nitrogens with zero attached hydrogens (tertiary/aromatic N) is 2. The molecule has 0 bridgehead atoms. The van der Waals surface area contributed by atoms with Crippen LogP contribution in [0, 0.1) is 5.92 Å². The first-order valence-electron chi connectivity index (χ1n) is 7.15. The van der Waals surface area contributed by atoms with Gasteiger partial charge in [-0.3, -0.25) is 0 Å². The molecule has 0 saturated heterocycles. The number of hydrogen-bond acceptors (Lipinski definition) is 2. The zero-order valence-electron chi connectivity index (χ0n) is 12.1. The van der Waals surface area contributed by atoms with Crippen molar-refractivity contribution in [2.45, 2.75) is 26.7 Å². The van der Waals surface area contributed by atoms with E-state index in [4.69, 9.17) is 0 Å². The van der Waals surface area contributed by atoms with E-state index in [0.29, 0.717) is 0 Å². The van der Waals surface area contributed by atoms with Gasteiger partial charge in [0.15, 0.2) is 0 Å². The summed E-state index contributed by atoms with van der Waals surface area (Å²) in [5.41, 5.74) is 2.39. The molecule has 0 aliphatic rings. The second-order valence-corrected chi connectivity index (χ2v) is 6.39. The highest BCUT2D eigenvalue weighted by atomic mass is 79.9. The fourth-order valence-electron chi connectivity index (χ4n) is 2.03. The van der Waals surface area contributed by atoms with Crippen molar-refractivity contribution in [3.63, 3.8) is 0 Å². The summed E-state index contributed by atoms with van der Waals surface area (Å²) in [6.45, 7) is 6.63. The number of benzene rings is 1. The highest BCUT2D eigenvalue weighted by Gasteiger charge is 2.01. The van der Waals surface area contributed by atoms with Gasteiger partial charge in [-0.15, -0.1) is 0 Å². The molecule has 0 saturated carbocycles. The fraction of sp³-hybridized carbons (Fsp3) is 0.438. The van der Waals surface area contributed by atoms with Gasteiger partial charge in [-0.1, -0.05) is 29.8 Å². The fourth-order valence-corrected chi connectivity index (χ4v) is 2.30. The lowest BCUT2D eigenvalue weighted by atomic mass is 10.2. The Hall–Kier alpha value is -1.13. The molecule has 0 aliphatic carbocycles. The van der Waals surface area contributed by atoms with Crippen molar-refractivity contribution in [3.8, 4) is 5.69 Å². The Balaban J connectivity index is 1.82. The maximum absolute atomic E-state index is 4.42. The van der Waals surface area contributed by atoms with Crippen LogP contribution in [0.3, 0.4) is 0 Å². The van der Waals surface area contributed by atoms with E-state index < -0.39 is 0 Å². The summed E-state index contributed by atoms with van der Waals surface area (Å²) in [6, 6.07) is 8.19. The molecule has 0 amide bonds. The Morgan fingerprint density at radius 3 is 2.70 bits per heavy atom. The van der Waals surface area contributed by atoms with E-state index in [1.54, 1.807) is 0 Å². The Morgan fingerprint density at radius 1 is 1.25 bits per heavy atom. The predicted molar refractivity (Wildman–Crippen MR) is 87.3 cm³/mol. The molecule has 108 valence electrons. The minimum atomic E-state index is 0.718. The van der Waals surface area contributed by atoms with Gasteiger partial charge in [0.2, 0.25) is 0 Å². The largest absolute Gasteiger partial charge is 0.316 e. The van der Waals surface area contributed by atoms with Crippen molar-refractivity contribution in [1.82, 2.24) is 15.1 Å². The third-order valence-electron chi connectivity index (χ3n) is 3.10. The summed E-state index contributed by atoms with van der Waals surface area (Å²) in [7, 11) is 0. The topological polar surface area (TPSA) is 29.9 Å². The quantitative estimate of drug-likeness (QED) is 0.779. The van der Waals surface area contributed by atoms with Gasteiger partial charge in [-0.05, 0) is 61.7 Å². The summed E-state index contributed by atoms with van der Waals surface area (Å²) in [5.74, 6) is 0.718. The van der Waals surface area contributed by atoms with Crippen LogP contribution in [0.5, 0.6) is 0 Å². The number of aryl methyl sites for hydroxylation is 1. The van der Waals surface area contributed by atoms with Gasteiger partial charge < -0.3 is 5.32 Å². The molecule has 0 spiro atoms. The first-order valence-corrected chi connectivity index (χ1v) is 7.94. The summed E-state index contributed by atoms with van der Waals surface area (Å²) >= 11 is 3.45. The van der Waals surface area contributed by atoms with E-state index in [-0.39, 0.29) is 0 Å². The standard InChI is InChI=1S/C16H22BrN3/c1-13(2)10-18-9-3-4-14-11-19-20(12-14)16-7-5-15(17)6-8-16/h5-8,11-13,18H,3-4,9-10H2,1-2H3. The average Bonchev–Trinajstić information content (AvgIpc) is 2.87. The van der Waals surface area contributed by atoms with E-state index in [0.717, 1.165) is 42.0 Å². The minimum absolute atomic E-state index is 0.718. The van der Waals surface area contributed by atoms with E-state index in [2.05, 4.69) is 58.5 Å². The highest BCUT2D eigenvalue weighted by molar-refractivity contribution is 9.10. The van der Waals surface area contributed by atoms with E-state index in [1.807, 2.05) is 23.0 Å². The lowest BCUT2D eigenvalue weighted by Gasteiger charge is -2.06. The second-order valence-electron chi connectivity index (χ2n) is 5.47. The molecule has 0 radical (unpaired) electrons. The summed E-state index contributed by atoms with van der Waals surface area (Å²) in [6.07, 6.45) is 6.30. The van der Waals surface area contributed by atoms with Crippen molar-refractivity contribution in [2.75, 3.05) is 13.1 Å². The first kappa shape index (κ1) is 15.3. The summed E-state index contributed by atoms with van der Waals surface area (Å²) in [5, 5.41) is 7.89. The molecule has 20 heavy (non-hydrogen) atoms. The van der Waals surface area contributed by atoms with Crippen molar-refractivity contribution in [3.05, 3.63) is 46.7 Å². The normalized spacial score (nSPS) is 11.2. The van der Waals surface area contributed by atoms with Gasteiger partial charge in [-0.25, -0.2) is 4.68 Å². The van der Waals surface area contributed by atoms with Gasteiger partial charge in [-0.2, -0.15) is 5.10 Å². The number of nitrogens with one attached hydrogen (secondary N) is 1. The average molecular weight is 336 g/mol. The molecule has 0 unspecified atom stereocenters. The molecule has 1 N–H and O–H groups in total. The van der Waals surface area contributed by atoms with Crippen LogP contribution >= 0.6 is 15.9 Å². The number of aromatic nitrogens is 2. The number of rotatable bonds is 7. The van der Waals surface area contributed by atoms with Gasteiger partial charge in [0.1, 0.15) is 0 Å². The molecule has 1 aromatic carbocycles. The molecular formula is C16H22BrN3. The zero-order valence-corrected chi connectivity index (χ0v) is 13.7. The molecule has 1 heterocycles. The van der Waals surface area contributed by atoms with Crippen LogP contribution in [0.2, 0.25) is 0 Å². The molecule has 3 nitrogen and oxygen atoms in total. The third-order valence-corrected chi connectivity index (χ3v) is 3.63. The molecule has 0 aliphatic heterocycles. The molecule has 1 aromatic heterocycles. The SMILES string of the molecule is CC(C)CNCCCc1cnn(-c2ccc(Br)cc2)c1. The lowest BCUT2D eigenvalue weighted by Crippen LogP contribution is -2.20. The molecule has 0 fully saturated rings. The van der Waals surface area contributed by atoms with Crippen molar-refractivity contribution in [2.24, 2.45) is 5.92 Å². The highest BCUT2D eigenvalue weighted by Crippen LogP contribution is 2.14. The number of halogens is 1. The first-order chi connectivity index (χ1) is 9.65. The van der Waals surface area contributed by atoms with Crippen LogP contribution in [-0.2, 0) is 6.42 Å². The Bertz CT molecular complexity index is 517. The van der Waals surface area contributed by atoms with E-state index in [9.17, 15) is 0 Å². The van der Waals surface area contributed by atoms with E-state index >= 15 is 0 Å². The minimum Gasteiger partial charge on any atom is -0.316 e. The van der Waals surface area contributed by atoms with Crippen LogP contribution in [0.4, 0.5) is 0 Å². The summed E-state index contributed by atoms with van der Waals surface area (Å²) < 4.78 is 3.02. The Labute approximate surface area is 129 Å². The van der Waals surface area contributed by atoms with Crippen molar-refractivity contribution < 1.29 is 0 Å². The van der Waals surface area contributed by atoms with Crippen LogP contribution in [0.1, 0.15) is 25.8 Å². The smallest absolute Gasteiger partial charge is 0.0646 e. The Kier molecular flexibility index (Phi) is 5.80. The predicted octanol–water partition coefficient (Wildman–Crippen LogP) is 3.81. The van der Waals surface area contributed by atoms with Crippen molar-refractivity contribution >= 4 is 15.9 Å². The van der Waals surface area contributed by atoms with Crippen molar-refractivity contribution in [1.29, 1.82) is 0 Å². The molecule has 2 rings (SSSR count). The van der Waals surface area contributed by atoms with E-state index in [1.165, 1.54) is 5.56 Å². The maximum atomic E-state index is 4.42. The monoisotopic (exact) mass is 335 g/mol.